The van der Waals surface area contributed by atoms with Crippen molar-refractivity contribution >= 4 is 5.82 Å². The van der Waals surface area contributed by atoms with Gasteiger partial charge in [-0.1, -0.05) is 0 Å². The van der Waals surface area contributed by atoms with Gasteiger partial charge in [0.2, 0.25) is 0 Å². The van der Waals surface area contributed by atoms with Crippen LogP contribution in [-0.4, -0.2) is 20.0 Å². The monoisotopic (exact) mass is 219 g/mol. The molecule has 2 rings (SSSR count). The highest BCUT2D eigenvalue weighted by Gasteiger charge is 2.02. The number of nitrogens with one attached hydrogen (secondary N) is 1. The predicted molar refractivity (Wildman–Crippen MR) is 60.3 cm³/mol. The topological polar surface area (TPSA) is 70.3 Å². The summed E-state index contributed by atoms with van der Waals surface area (Å²) in [7, 11) is 1.84. The molecule has 0 saturated carbocycles. The number of aromatic hydroxyl groups is 2. The van der Waals surface area contributed by atoms with E-state index in [-0.39, 0.29) is 11.5 Å². The summed E-state index contributed by atoms with van der Waals surface area (Å²) in [6.45, 7) is 0.461. The van der Waals surface area contributed by atoms with Gasteiger partial charge in [0.1, 0.15) is 17.3 Å². The number of benzene rings is 1. The summed E-state index contributed by atoms with van der Waals surface area (Å²) >= 11 is 0. The van der Waals surface area contributed by atoms with Crippen LogP contribution in [0.1, 0.15) is 5.56 Å². The lowest BCUT2D eigenvalue weighted by Crippen LogP contribution is -2.01. The van der Waals surface area contributed by atoms with Crippen molar-refractivity contribution in [2.45, 2.75) is 6.54 Å². The molecule has 0 unspecified atom stereocenters. The van der Waals surface area contributed by atoms with Crippen LogP contribution in [0, 0.1) is 0 Å². The maximum Gasteiger partial charge on any atom is 0.148 e. The molecular weight excluding hydrogens is 206 g/mol. The predicted octanol–water partition coefficient (Wildman–Crippen LogP) is 1.44. The average molecular weight is 219 g/mol. The zero-order chi connectivity index (χ0) is 11.5. The first-order chi connectivity index (χ1) is 7.65. The molecule has 2 aromatic rings. The van der Waals surface area contributed by atoms with E-state index >= 15 is 0 Å². The van der Waals surface area contributed by atoms with Crippen molar-refractivity contribution in [2.24, 2.45) is 7.05 Å². The van der Waals surface area contributed by atoms with E-state index in [1.807, 2.05) is 19.3 Å². The lowest BCUT2D eigenvalue weighted by Gasteiger charge is -2.05. The molecule has 84 valence electrons. The standard InChI is InChI=1S/C11H13N3O2/c1-14-5-4-11(13-14)12-7-8-2-3-9(15)6-10(8)16/h2-6,15-16H,7H2,1H3,(H,12,13). The maximum atomic E-state index is 9.55. The van der Waals surface area contributed by atoms with Gasteiger partial charge in [0, 0.05) is 37.5 Å². The minimum Gasteiger partial charge on any atom is -0.508 e. The average Bonchev–Trinajstić information content (AvgIpc) is 2.63. The van der Waals surface area contributed by atoms with Crippen LogP contribution >= 0.6 is 0 Å². The quantitative estimate of drug-likeness (QED) is 0.730. The van der Waals surface area contributed by atoms with Gasteiger partial charge >= 0.3 is 0 Å². The summed E-state index contributed by atoms with van der Waals surface area (Å²) in [6, 6.07) is 6.36. The van der Waals surface area contributed by atoms with E-state index in [1.165, 1.54) is 12.1 Å². The molecule has 0 atom stereocenters. The van der Waals surface area contributed by atoms with Crippen LogP contribution in [0.5, 0.6) is 11.5 Å². The Morgan fingerprint density at radius 3 is 2.75 bits per heavy atom. The molecule has 1 heterocycles. The molecule has 5 heteroatoms. The Balaban J connectivity index is 2.04. The first kappa shape index (κ1) is 10.4. The van der Waals surface area contributed by atoms with E-state index in [2.05, 4.69) is 10.4 Å². The van der Waals surface area contributed by atoms with Crippen LogP contribution in [0.25, 0.3) is 0 Å². The SMILES string of the molecule is Cn1ccc(NCc2ccc(O)cc2O)n1. The molecule has 0 aliphatic carbocycles. The number of anilines is 1. The van der Waals surface area contributed by atoms with Crippen molar-refractivity contribution in [1.82, 2.24) is 9.78 Å². The molecule has 0 spiro atoms. The Labute approximate surface area is 93.0 Å². The van der Waals surface area contributed by atoms with Crippen LogP contribution in [-0.2, 0) is 13.6 Å². The number of hydrogen-bond donors (Lipinski definition) is 3. The van der Waals surface area contributed by atoms with Gasteiger partial charge in [-0.15, -0.1) is 0 Å². The van der Waals surface area contributed by atoms with E-state index < -0.39 is 0 Å². The summed E-state index contributed by atoms with van der Waals surface area (Å²) in [5.74, 6) is 0.873. The highest BCUT2D eigenvalue weighted by molar-refractivity contribution is 5.42. The summed E-state index contributed by atoms with van der Waals surface area (Å²) in [4.78, 5) is 0. The number of rotatable bonds is 3. The Morgan fingerprint density at radius 1 is 1.31 bits per heavy atom. The molecule has 0 radical (unpaired) electrons. The smallest absolute Gasteiger partial charge is 0.148 e. The maximum absolute atomic E-state index is 9.55. The highest BCUT2D eigenvalue weighted by atomic mass is 16.3. The Morgan fingerprint density at radius 2 is 2.12 bits per heavy atom. The highest BCUT2D eigenvalue weighted by Crippen LogP contribution is 2.23. The fourth-order valence-corrected chi connectivity index (χ4v) is 1.40. The van der Waals surface area contributed by atoms with Crippen LogP contribution < -0.4 is 5.32 Å². The molecule has 5 nitrogen and oxygen atoms in total. The number of aromatic nitrogens is 2. The second kappa shape index (κ2) is 4.14. The molecule has 0 aliphatic heterocycles. The number of aryl methyl sites for hydroxylation is 1. The van der Waals surface area contributed by atoms with Crippen LogP contribution in [0.3, 0.4) is 0 Å². The van der Waals surface area contributed by atoms with Gasteiger partial charge in [-0.3, -0.25) is 4.68 Å². The third kappa shape index (κ3) is 2.25. The molecule has 0 bridgehead atoms. The minimum absolute atomic E-state index is 0.0547. The van der Waals surface area contributed by atoms with Crippen molar-refractivity contribution < 1.29 is 10.2 Å². The lowest BCUT2D eigenvalue weighted by atomic mass is 10.2. The van der Waals surface area contributed by atoms with Crippen molar-refractivity contribution in [1.29, 1.82) is 0 Å². The van der Waals surface area contributed by atoms with Crippen molar-refractivity contribution in [2.75, 3.05) is 5.32 Å². The van der Waals surface area contributed by atoms with E-state index in [9.17, 15) is 5.11 Å². The molecule has 0 fully saturated rings. The van der Waals surface area contributed by atoms with Gasteiger partial charge in [-0.2, -0.15) is 5.10 Å². The molecule has 3 N–H and O–H groups in total. The van der Waals surface area contributed by atoms with Gasteiger partial charge < -0.3 is 15.5 Å². The van der Waals surface area contributed by atoms with Crippen molar-refractivity contribution in [3.63, 3.8) is 0 Å². The van der Waals surface area contributed by atoms with Crippen LogP contribution in [0.4, 0.5) is 5.82 Å². The molecule has 16 heavy (non-hydrogen) atoms. The largest absolute Gasteiger partial charge is 0.508 e. The first-order valence-corrected chi connectivity index (χ1v) is 4.89. The summed E-state index contributed by atoms with van der Waals surface area (Å²) < 4.78 is 1.69. The first-order valence-electron chi connectivity index (χ1n) is 4.89. The second-order valence-electron chi connectivity index (χ2n) is 3.54. The molecule has 0 amide bonds. The number of phenolic OH excluding ortho intramolecular Hbond substituents is 2. The normalized spacial score (nSPS) is 10.3. The fourth-order valence-electron chi connectivity index (χ4n) is 1.40. The summed E-state index contributed by atoms with van der Waals surface area (Å²) in [5, 5.41) is 25.9. The van der Waals surface area contributed by atoms with Crippen molar-refractivity contribution in [3.05, 3.63) is 36.0 Å². The van der Waals surface area contributed by atoms with Gasteiger partial charge in [-0.25, -0.2) is 0 Å². The molecule has 1 aromatic carbocycles. The molecule has 0 saturated heterocycles. The molecular formula is C11H13N3O2. The fraction of sp³-hybridized carbons (Fsp3) is 0.182. The van der Waals surface area contributed by atoms with E-state index in [0.717, 1.165) is 5.82 Å². The van der Waals surface area contributed by atoms with Crippen LogP contribution in [0.15, 0.2) is 30.5 Å². The van der Waals surface area contributed by atoms with Gasteiger partial charge in [0.05, 0.1) is 0 Å². The van der Waals surface area contributed by atoms with Crippen LogP contribution in [0.2, 0.25) is 0 Å². The molecule has 0 aliphatic rings. The van der Waals surface area contributed by atoms with Gasteiger partial charge in [-0.05, 0) is 12.1 Å². The van der Waals surface area contributed by atoms with E-state index in [4.69, 9.17) is 5.11 Å². The third-order valence-electron chi connectivity index (χ3n) is 2.24. The van der Waals surface area contributed by atoms with Crippen molar-refractivity contribution in [3.8, 4) is 11.5 Å². The second-order valence-corrected chi connectivity index (χ2v) is 3.54. The van der Waals surface area contributed by atoms with Gasteiger partial charge in [0.25, 0.3) is 0 Å². The lowest BCUT2D eigenvalue weighted by molar-refractivity contribution is 0.446. The Hall–Kier alpha value is -2.17. The number of hydrogen-bond acceptors (Lipinski definition) is 4. The minimum atomic E-state index is 0.0547. The summed E-state index contributed by atoms with van der Waals surface area (Å²) in [5.41, 5.74) is 0.712. The third-order valence-corrected chi connectivity index (χ3v) is 2.24. The zero-order valence-corrected chi connectivity index (χ0v) is 8.88. The van der Waals surface area contributed by atoms with E-state index in [1.54, 1.807) is 10.7 Å². The zero-order valence-electron chi connectivity index (χ0n) is 8.88. The number of phenols is 2. The number of nitrogens with zero attached hydrogens (tertiary/aromatic N) is 2. The Kier molecular flexibility index (Phi) is 2.68. The Bertz CT molecular complexity index is 494. The van der Waals surface area contributed by atoms with Gasteiger partial charge in [0.15, 0.2) is 0 Å². The molecule has 1 aromatic heterocycles. The van der Waals surface area contributed by atoms with E-state index in [0.29, 0.717) is 12.1 Å². The summed E-state index contributed by atoms with van der Waals surface area (Å²) in [6.07, 6.45) is 1.83.